The third-order valence-corrected chi connectivity index (χ3v) is 2.78. The number of rotatable bonds is 4. The van der Waals surface area contributed by atoms with Crippen molar-refractivity contribution in [1.82, 2.24) is 0 Å². The summed E-state index contributed by atoms with van der Waals surface area (Å²) in [6.45, 7) is 7.14. The minimum absolute atomic E-state index is 0.308. The fourth-order valence-corrected chi connectivity index (χ4v) is 1.87. The maximum atomic E-state index is 11.7. The van der Waals surface area contributed by atoms with Crippen molar-refractivity contribution in [3.05, 3.63) is 46.6 Å². The molecule has 0 aromatic carbocycles. The lowest BCUT2D eigenvalue weighted by atomic mass is 10.1. The number of esters is 2. The van der Waals surface area contributed by atoms with Gasteiger partial charge in [-0.25, -0.2) is 9.59 Å². The summed E-state index contributed by atoms with van der Waals surface area (Å²) in [6.07, 6.45) is 6.06. The molecular formula is C16H19ClO4. The zero-order valence-corrected chi connectivity index (χ0v) is 13.3. The Morgan fingerprint density at radius 2 is 1.57 bits per heavy atom. The van der Waals surface area contributed by atoms with Crippen molar-refractivity contribution >= 4 is 23.5 Å². The molecule has 0 heterocycles. The van der Waals surface area contributed by atoms with Crippen LogP contribution in [0.3, 0.4) is 0 Å². The number of hydrogen-bond donors (Lipinski definition) is 0. The summed E-state index contributed by atoms with van der Waals surface area (Å²) >= 11 is 6.05. The summed E-state index contributed by atoms with van der Waals surface area (Å²) < 4.78 is 10.5. The third-order valence-electron chi connectivity index (χ3n) is 2.43. The molecule has 0 aromatic heterocycles. The molecule has 1 aliphatic carbocycles. The molecule has 1 rings (SSSR count). The van der Waals surface area contributed by atoms with Crippen molar-refractivity contribution in [3.8, 4) is 0 Å². The molecule has 0 saturated carbocycles. The van der Waals surface area contributed by atoms with E-state index in [1.54, 1.807) is 45.9 Å². The number of hydrogen-bond acceptors (Lipinski definition) is 4. The first-order chi connectivity index (χ1) is 9.79. The van der Waals surface area contributed by atoms with E-state index >= 15 is 0 Å². The van der Waals surface area contributed by atoms with Gasteiger partial charge < -0.3 is 9.47 Å². The SMILES string of the molecule is CC(C)=CC(=O)O[C@H]1C=CC=C(Cl)[C@H]1OC(=O)C=C(C)C. The quantitative estimate of drug-likeness (QED) is 0.589. The Hall–Kier alpha value is -1.81. The van der Waals surface area contributed by atoms with Crippen LogP contribution in [0.1, 0.15) is 27.7 Å². The van der Waals surface area contributed by atoms with Gasteiger partial charge in [0.25, 0.3) is 0 Å². The van der Waals surface area contributed by atoms with Crippen LogP contribution >= 0.6 is 11.6 Å². The highest BCUT2D eigenvalue weighted by Crippen LogP contribution is 2.23. The lowest BCUT2D eigenvalue weighted by Gasteiger charge is -2.25. The van der Waals surface area contributed by atoms with Crippen molar-refractivity contribution in [3.63, 3.8) is 0 Å². The zero-order valence-electron chi connectivity index (χ0n) is 12.6. The molecular weight excluding hydrogens is 292 g/mol. The van der Waals surface area contributed by atoms with Gasteiger partial charge in [0.2, 0.25) is 0 Å². The normalized spacial score (nSPS) is 20.1. The Morgan fingerprint density at radius 3 is 2.10 bits per heavy atom. The smallest absolute Gasteiger partial charge is 0.331 e. The Kier molecular flexibility index (Phi) is 6.43. The molecule has 21 heavy (non-hydrogen) atoms. The highest BCUT2D eigenvalue weighted by atomic mass is 35.5. The Bertz CT molecular complexity index is 532. The van der Waals surface area contributed by atoms with Crippen LogP contribution in [0.4, 0.5) is 0 Å². The standard InChI is InChI=1S/C16H19ClO4/c1-10(2)8-14(18)20-13-7-5-6-12(17)16(13)21-15(19)9-11(3)4/h5-9,13,16H,1-4H3/t13-,16+/m0/s1. The number of halogens is 1. The number of allylic oxidation sites excluding steroid dienone is 4. The van der Waals surface area contributed by atoms with E-state index in [0.29, 0.717) is 5.03 Å². The largest absolute Gasteiger partial charge is 0.451 e. The maximum absolute atomic E-state index is 11.7. The van der Waals surface area contributed by atoms with E-state index in [0.717, 1.165) is 11.1 Å². The van der Waals surface area contributed by atoms with E-state index < -0.39 is 24.1 Å². The number of ether oxygens (including phenoxy) is 2. The first-order valence-electron chi connectivity index (χ1n) is 6.54. The first kappa shape index (κ1) is 17.2. The molecule has 0 saturated heterocycles. The second kappa shape index (κ2) is 7.84. The van der Waals surface area contributed by atoms with Gasteiger partial charge in [-0.15, -0.1) is 0 Å². The molecule has 0 unspecified atom stereocenters. The van der Waals surface area contributed by atoms with Gasteiger partial charge in [0, 0.05) is 12.2 Å². The van der Waals surface area contributed by atoms with Crippen LogP contribution in [0, 0.1) is 0 Å². The predicted molar refractivity (Wildman–Crippen MR) is 81.7 cm³/mol. The van der Waals surface area contributed by atoms with Crippen molar-refractivity contribution in [2.75, 3.05) is 0 Å². The van der Waals surface area contributed by atoms with Crippen molar-refractivity contribution in [2.24, 2.45) is 0 Å². The van der Waals surface area contributed by atoms with Gasteiger partial charge in [0.15, 0.2) is 12.2 Å². The van der Waals surface area contributed by atoms with Gasteiger partial charge in [0.1, 0.15) is 0 Å². The molecule has 2 atom stereocenters. The van der Waals surface area contributed by atoms with Crippen LogP contribution in [-0.4, -0.2) is 24.1 Å². The van der Waals surface area contributed by atoms with Crippen molar-refractivity contribution in [1.29, 1.82) is 0 Å². The monoisotopic (exact) mass is 310 g/mol. The van der Waals surface area contributed by atoms with Crippen molar-refractivity contribution < 1.29 is 19.1 Å². The second-order valence-electron chi connectivity index (χ2n) is 5.14. The average molecular weight is 311 g/mol. The summed E-state index contributed by atoms with van der Waals surface area (Å²) in [5, 5.41) is 0.308. The number of carbonyl (C=O) groups is 2. The van der Waals surface area contributed by atoms with Crippen LogP contribution in [0.15, 0.2) is 46.6 Å². The van der Waals surface area contributed by atoms with Gasteiger partial charge in [-0.05, 0) is 39.8 Å². The van der Waals surface area contributed by atoms with E-state index in [-0.39, 0.29) is 0 Å². The van der Waals surface area contributed by atoms with E-state index in [1.165, 1.54) is 12.2 Å². The molecule has 0 aromatic rings. The van der Waals surface area contributed by atoms with E-state index in [4.69, 9.17) is 21.1 Å². The van der Waals surface area contributed by atoms with Crippen molar-refractivity contribution in [2.45, 2.75) is 39.9 Å². The molecule has 0 N–H and O–H groups in total. The Balaban J connectivity index is 2.82. The topological polar surface area (TPSA) is 52.6 Å². The van der Waals surface area contributed by atoms with Crippen LogP contribution in [0.2, 0.25) is 0 Å². The summed E-state index contributed by atoms with van der Waals surface area (Å²) in [5.41, 5.74) is 1.63. The molecule has 0 bridgehead atoms. The molecule has 0 fully saturated rings. The van der Waals surface area contributed by atoms with Crippen LogP contribution < -0.4 is 0 Å². The van der Waals surface area contributed by atoms with Crippen LogP contribution in [-0.2, 0) is 19.1 Å². The predicted octanol–water partition coefficient (Wildman–Crippen LogP) is 3.43. The second-order valence-corrected chi connectivity index (χ2v) is 5.58. The zero-order chi connectivity index (χ0) is 16.0. The van der Waals surface area contributed by atoms with Crippen LogP contribution in [0.5, 0.6) is 0 Å². The lowest BCUT2D eigenvalue weighted by Crippen LogP contribution is -2.35. The minimum Gasteiger partial charge on any atom is -0.451 e. The fourth-order valence-electron chi connectivity index (χ4n) is 1.63. The average Bonchev–Trinajstić information content (AvgIpc) is 2.31. The highest BCUT2D eigenvalue weighted by molar-refractivity contribution is 6.30. The van der Waals surface area contributed by atoms with E-state index in [1.807, 2.05) is 0 Å². The Morgan fingerprint density at radius 1 is 1.05 bits per heavy atom. The molecule has 5 heteroatoms. The van der Waals surface area contributed by atoms with Gasteiger partial charge in [0.05, 0.1) is 5.03 Å². The lowest BCUT2D eigenvalue weighted by molar-refractivity contribution is -0.155. The number of carbonyl (C=O) groups excluding carboxylic acids is 2. The first-order valence-corrected chi connectivity index (χ1v) is 6.92. The molecule has 0 amide bonds. The third kappa shape index (κ3) is 6.00. The molecule has 0 radical (unpaired) electrons. The summed E-state index contributed by atoms with van der Waals surface area (Å²) in [6, 6.07) is 0. The van der Waals surface area contributed by atoms with Gasteiger partial charge in [-0.2, -0.15) is 0 Å². The molecule has 4 nitrogen and oxygen atoms in total. The highest BCUT2D eigenvalue weighted by Gasteiger charge is 2.30. The molecule has 0 aliphatic heterocycles. The maximum Gasteiger partial charge on any atom is 0.331 e. The molecule has 114 valence electrons. The summed E-state index contributed by atoms with van der Waals surface area (Å²) in [4.78, 5) is 23.4. The molecule has 0 spiro atoms. The van der Waals surface area contributed by atoms with E-state index in [2.05, 4.69) is 0 Å². The summed E-state index contributed by atoms with van der Waals surface area (Å²) in [5.74, 6) is -1.02. The minimum atomic E-state index is -0.825. The fraction of sp³-hybridized carbons (Fsp3) is 0.375. The van der Waals surface area contributed by atoms with Gasteiger partial charge in [-0.1, -0.05) is 28.8 Å². The van der Waals surface area contributed by atoms with E-state index in [9.17, 15) is 9.59 Å². The van der Waals surface area contributed by atoms with Gasteiger partial charge in [-0.3, -0.25) is 0 Å². The Labute approximate surface area is 129 Å². The van der Waals surface area contributed by atoms with Gasteiger partial charge >= 0.3 is 11.9 Å². The summed E-state index contributed by atoms with van der Waals surface area (Å²) in [7, 11) is 0. The molecule has 1 aliphatic rings. The van der Waals surface area contributed by atoms with Crippen LogP contribution in [0.25, 0.3) is 0 Å².